The first kappa shape index (κ1) is 16.4. The molecule has 0 spiro atoms. The predicted molar refractivity (Wildman–Crippen MR) is 101 cm³/mol. The van der Waals surface area contributed by atoms with E-state index < -0.39 is 0 Å². The van der Waals surface area contributed by atoms with Crippen molar-refractivity contribution in [2.45, 2.75) is 13.3 Å². The number of hydrogen-bond donors (Lipinski definition) is 0. The third kappa shape index (κ3) is 3.21. The summed E-state index contributed by atoms with van der Waals surface area (Å²) in [5.74, 6) is 1.33. The number of hydrogen-bond acceptors (Lipinski definition) is 6. The maximum absolute atomic E-state index is 12.6. The maximum Gasteiger partial charge on any atom is 0.291 e. The lowest BCUT2D eigenvalue weighted by Gasteiger charge is -2.03. The number of fused-ring (bicyclic) bond motifs is 1. The van der Waals surface area contributed by atoms with E-state index in [1.165, 1.54) is 15.9 Å². The van der Waals surface area contributed by atoms with Crippen LogP contribution in [0.15, 0.2) is 53.6 Å². The van der Waals surface area contributed by atoms with Gasteiger partial charge >= 0.3 is 0 Å². The van der Waals surface area contributed by atoms with Crippen molar-refractivity contribution in [2.75, 3.05) is 6.61 Å². The van der Waals surface area contributed by atoms with Gasteiger partial charge in [0.25, 0.3) is 5.56 Å². The fourth-order valence-electron chi connectivity index (χ4n) is 2.48. The van der Waals surface area contributed by atoms with Gasteiger partial charge < -0.3 is 4.74 Å². The summed E-state index contributed by atoms with van der Waals surface area (Å²) in [5.41, 5.74) is 1.55. The Balaban J connectivity index is 1.67. The number of rotatable bonds is 5. The average molecular weight is 364 g/mol. The molecule has 130 valence electrons. The van der Waals surface area contributed by atoms with Crippen LogP contribution in [-0.4, -0.2) is 26.2 Å². The highest BCUT2D eigenvalue weighted by Gasteiger charge is 2.11. The van der Waals surface area contributed by atoms with Crippen LogP contribution in [0.25, 0.3) is 22.4 Å². The summed E-state index contributed by atoms with van der Waals surface area (Å²) in [6.45, 7) is 2.76. The molecular weight excluding hydrogens is 348 g/mol. The fourth-order valence-corrected chi connectivity index (χ4v) is 3.39. The molecular formula is C19H16N4O2S. The molecule has 0 aliphatic heterocycles. The van der Waals surface area contributed by atoms with Crippen LogP contribution in [0, 0.1) is 0 Å². The highest BCUT2D eigenvalue weighted by atomic mass is 32.1. The van der Waals surface area contributed by atoms with Crippen LogP contribution >= 0.6 is 11.3 Å². The predicted octanol–water partition coefficient (Wildman–Crippen LogP) is 2.55. The van der Waals surface area contributed by atoms with E-state index in [0.29, 0.717) is 21.9 Å². The van der Waals surface area contributed by atoms with Gasteiger partial charge in [-0.25, -0.2) is 0 Å². The van der Waals surface area contributed by atoms with Gasteiger partial charge in [0.05, 0.1) is 11.1 Å². The summed E-state index contributed by atoms with van der Waals surface area (Å²) < 4.78 is 7.51. The van der Waals surface area contributed by atoms with E-state index in [9.17, 15) is 4.79 Å². The lowest BCUT2D eigenvalue weighted by Crippen LogP contribution is -2.23. The lowest BCUT2D eigenvalue weighted by atomic mass is 10.2. The monoisotopic (exact) mass is 364 g/mol. The first-order chi connectivity index (χ1) is 12.7. The number of pyridine rings is 1. The Hall–Kier alpha value is -3.06. The van der Waals surface area contributed by atoms with Crippen LogP contribution in [-0.2, 0) is 0 Å². The molecule has 4 aromatic rings. The Kier molecular flexibility index (Phi) is 4.45. The Morgan fingerprint density at radius 1 is 1.23 bits per heavy atom. The molecule has 4 rings (SSSR count). The van der Waals surface area contributed by atoms with Gasteiger partial charge in [0.15, 0.2) is 5.82 Å². The van der Waals surface area contributed by atoms with Crippen LogP contribution in [0.4, 0.5) is 0 Å². The van der Waals surface area contributed by atoms with Crippen LogP contribution in [0.3, 0.4) is 0 Å². The lowest BCUT2D eigenvalue weighted by molar-refractivity contribution is 0.317. The van der Waals surface area contributed by atoms with E-state index in [2.05, 4.69) is 22.0 Å². The standard InChI is InChI=1S/C19H16N4O2S/c1-2-10-25-15-7-5-13(6-8-15)11-16-18(24)23-19(26-16)21-17(22-23)14-4-3-9-20-12-14/h3-9,11-12H,2,10H2,1H3/b16-11+. The van der Waals surface area contributed by atoms with Crippen molar-refractivity contribution in [1.82, 2.24) is 19.6 Å². The second kappa shape index (κ2) is 7.05. The molecule has 0 aliphatic carbocycles. The number of thiazole rings is 1. The number of benzene rings is 1. The van der Waals surface area contributed by atoms with E-state index in [0.717, 1.165) is 23.3 Å². The van der Waals surface area contributed by atoms with Crippen molar-refractivity contribution in [2.24, 2.45) is 0 Å². The molecule has 3 aromatic heterocycles. The molecule has 0 saturated carbocycles. The van der Waals surface area contributed by atoms with E-state index in [1.54, 1.807) is 12.4 Å². The third-order valence-corrected chi connectivity index (χ3v) is 4.71. The zero-order valence-electron chi connectivity index (χ0n) is 14.1. The summed E-state index contributed by atoms with van der Waals surface area (Å²) in [4.78, 5) is 21.7. The molecule has 0 unspecified atom stereocenters. The SMILES string of the molecule is CCCOc1ccc(/C=c2/sc3nc(-c4cccnc4)nn3c2=O)cc1. The molecule has 0 saturated heterocycles. The van der Waals surface area contributed by atoms with Crippen LogP contribution in [0.5, 0.6) is 5.75 Å². The van der Waals surface area contributed by atoms with Crippen LogP contribution in [0.2, 0.25) is 0 Å². The minimum absolute atomic E-state index is 0.168. The molecule has 0 atom stereocenters. The first-order valence-electron chi connectivity index (χ1n) is 8.29. The van der Waals surface area contributed by atoms with Crippen LogP contribution < -0.4 is 14.8 Å². The van der Waals surface area contributed by atoms with Gasteiger partial charge in [-0.05, 0) is 42.3 Å². The molecule has 0 bridgehead atoms. The molecule has 0 fully saturated rings. The Labute approximate surface area is 153 Å². The normalized spacial score (nSPS) is 12.0. The number of nitrogens with zero attached hydrogens (tertiary/aromatic N) is 4. The highest BCUT2D eigenvalue weighted by molar-refractivity contribution is 7.15. The minimum atomic E-state index is -0.168. The minimum Gasteiger partial charge on any atom is -0.494 e. The van der Waals surface area contributed by atoms with E-state index in [-0.39, 0.29) is 5.56 Å². The zero-order valence-corrected chi connectivity index (χ0v) is 14.9. The molecule has 1 aromatic carbocycles. The zero-order chi connectivity index (χ0) is 17.9. The van der Waals surface area contributed by atoms with Crippen molar-refractivity contribution in [3.05, 3.63) is 69.2 Å². The van der Waals surface area contributed by atoms with Crippen molar-refractivity contribution in [3.63, 3.8) is 0 Å². The van der Waals surface area contributed by atoms with Crippen molar-refractivity contribution in [3.8, 4) is 17.1 Å². The Morgan fingerprint density at radius 3 is 2.77 bits per heavy atom. The van der Waals surface area contributed by atoms with Crippen molar-refractivity contribution in [1.29, 1.82) is 0 Å². The Bertz CT molecular complexity index is 1130. The number of ether oxygens (including phenoxy) is 1. The molecule has 0 aliphatic rings. The molecule has 0 amide bonds. The fraction of sp³-hybridized carbons (Fsp3) is 0.158. The third-order valence-electron chi connectivity index (χ3n) is 3.75. The van der Waals surface area contributed by atoms with E-state index in [1.807, 2.05) is 42.5 Å². The highest BCUT2D eigenvalue weighted by Crippen LogP contribution is 2.15. The van der Waals surface area contributed by atoms with Gasteiger partial charge in [-0.15, -0.1) is 5.10 Å². The Morgan fingerprint density at radius 2 is 2.08 bits per heavy atom. The molecule has 0 N–H and O–H groups in total. The topological polar surface area (TPSA) is 69.4 Å². The van der Waals surface area contributed by atoms with Crippen LogP contribution in [0.1, 0.15) is 18.9 Å². The smallest absolute Gasteiger partial charge is 0.291 e. The quantitative estimate of drug-likeness (QED) is 0.544. The largest absolute Gasteiger partial charge is 0.494 e. The molecule has 0 radical (unpaired) electrons. The van der Waals surface area contributed by atoms with E-state index in [4.69, 9.17) is 4.74 Å². The van der Waals surface area contributed by atoms with Gasteiger partial charge in [-0.2, -0.15) is 9.50 Å². The second-order valence-electron chi connectivity index (χ2n) is 5.70. The van der Waals surface area contributed by atoms with Crippen molar-refractivity contribution < 1.29 is 4.74 Å². The number of aromatic nitrogens is 4. The molecule has 6 nitrogen and oxygen atoms in total. The first-order valence-corrected chi connectivity index (χ1v) is 9.11. The second-order valence-corrected chi connectivity index (χ2v) is 6.71. The van der Waals surface area contributed by atoms with Gasteiger partial charge in [0.1, 0.15) is 5.75 Å². The summed E-state index contributed by atoms with van der Waals surface area (Å²) in [7, 11) is 0. The van der Waals surface area contributed by atoms with Gasteiger partial charge in [0.2, 0.25) is 4.96 Å². The van der Waals surface area contributed by atoms with Gasteiger partial charge in [0, 0.05) is 18.0 Å². The average Bonchev–Trinajstić information content (AvgIpc) is 3.22. The summed E-state index contributed by atoms with van der Waals surface area (Å²) in [6.07, 6.45) is 6.18. The molecule has 3 heterocycles. The van der Waals surface area contributed by atoms with Gasteiger partial charge in [-0.1, -0.05) is 30.4 Å². The maximum atomic E-state index is 12.6. The van der Waals surface area contributed by atoms with Gasteiger partial charge in [-0.3, -0.25) is 9.78 Å². The summed E-state index contributed by atoms with van der Waals surface area (Å²) in [6, 6.07) is 11.4. The van der Waals surface area contributed by atoms with E-state index >= 15 is 0 Å². The summed E-state index contributed by atoms with van der Waals surface area (Å²) in [5, 5.41) is 4.32. The summed E-state index contributed by atoms with van der Waals surface area (Å²) >= 11 is 1.32. The molecule has 7 heteroatoms. The molecule has 26 heavy (non-hydrogen) atoms. The van der Waals surface area contributed by atoms with Crippen molar-refractivity contribution >= 4 is 22.4 Å².